The van der Waals surface area contributed by atoms with Gasteiger partial charge in [-0.3, -0.25) is 4.79 Å². The van der Waals surface area contributed by atoms with Crippen LogP contribution in [0.3, 0.4) is 0 Å². The molecule has 2 aromatic carbocycles. The third-order valence-corrected chi connectivity index (χ3v) is 4.45. The lowest BCUT2D eigenvalue weighted by molar-refractivity contribution is -0.120. The highest BCUT2D eigenvalue weighted by atomic mass is 16.7. The number of hydrogen-bond donors (Lipinski definition) is 1. The van der Waals surface area contributed by atoms with E-state index in [2.05, 4.69) is 23.5 Å². The highest BCUT2D eigenvalue weighted by Crippen LogP contribution is 2.32. The lowest BCUT2D eigenvalue weighted by Gasteiger charge is -2.08. The SMILES string of the molecule is O=C(Cc1ccc2c(c1)CCC2)NCc1ccc2c(c1)OCO2. The van der Waals surface area contributed by atoms with Crippen LogP contribution in [-0.2, 0) is 30.6 Å². The highest BCUT2D eigenvalue weighted by Gasteiger charge is 2.14. The first-order valence-corrected chi connectivity index (χ1v) is 8.04. The molecule has 1 N–H and O–H groups in total. The van der Waals surface area contributed by atoms with Crippen LogP contribution < -0.4 is 14.8 Å². The second-order valence-electron chi connectivity index (χ2n) is 6.10. The van der Waals surface area contributed by atoms with E-state index >= 15 is 0 Å². The van der Waals surface area contributed by atoms with Crippen LogP contribution >= 0.6 is 0 Å². The van der Waals surface area contributed by atoms with E-state index in [0.29, 0.717) is 13.0 Å². The number of rotatable bonds is 4. The maximum atomic E-state index is 12.2. The average molecular weight is 309 g/mol. The van der Waals surface area contributed by atoms with E-state index in [9.17, 15) is 4.79 Å². The van der Waals surface area contributed by atoms with Gasteiger partial charge in [-0.25, -0.2) is 0 Å². The highest BCUT2D eigenvalue weighted by molar-refractivity contribution is 5.78. The molecule has 118 valence electrons. The molecule has 0 atom stereocenters. The van der Waals surface area contributed by atoms with E-state index in [1.807, 2.05) is 18.2 Å². The predicted octanol–water partition coefficient (Wildman–Crippen LogP) is 2.76. The minimum atomic E-state index is 0.0422. The van der Waals surface area contributed by atoms with E-state index in [4.69, 9.17) is 9.47 Å². The predicted molar refractivity (Wildman–Crippen MR) is 86.6 cm³/mol. The molecule has 0 saturated carbocycles. The smallest absolute Gasteiger partial charge is 0.231 e. The third-order valence-electron chi connectivity index (χ3n) is 4.45. The first-order chi connectivity index (χ1) is 11.3. The van der Waals surface area contributed by atoms with E-state index in [1.54, 1.807) is 0 Å². The molecule has 4 nitrogen and oxygen atoms in total. The fourth-order valence-corrected chi connectivity index (χ4v) is 3.23. The van der Waals surface area contributed by atoms with Gasteiger partial charge in [0.2, 0.25) is 12.7 Å². The molecule has 1 aliphatic heterocycles. The summed E-state index contributed by atoms with van der Waals surface area (Å²) in [4.78, 5) is 12.2. The van der Waals surface area contributed by atoms with Crippen LogP contribution in [0, 0.1) is 0 Å². The van der Waals surface area contributed by atoms with E-state index in [1.165, 1.54) is 24.0 Å². The molecule has 0 fully saturated rings. The Labute approximate surface area is 135 Å². The Morgan fingerprint density at radius 1 is 0.957 bits per heavy atom. The van der Waals surface area contributed by atoms with Crippen LogP contribution in [0.4, 0.5) is 0 Å². The first kappa shape index (κ1) is 14.1. The van der Waals surface area contributed by atoms with Crippen LogP contribution in [0.15, 0.2) is 36.4 Å². The summed E-state index contributed by atoms with van der Waals surface area (Å²) in [6, 6.07) is 12.2. The molecular weight excluding hydrogens is 290 g/mol. The van der Waals surface area contributed by atoms with Crippen LogP contribution in [0.5, 0.6) is 11.5 Å². The number of ether oxygens (including phenoxy) is 2. The van der Waals surface area contributed by atoms with Crippen molar-refractivity contribution in [1.82, 2.24) is 5.32 Å². The summed E-state index contributed by atoms with van der Waals surface area (Å²) in [6.45, 7) is 0.768. The summed E-state index contributed by atoms with van der Waals surface area (Å²) < 4.78 is 10.6. The fraction of sp³-hybridized carbons (Fsp3) is 0.316. The van der Waals surface area contributed by atoms with Crippen molar-refractivity contribution in [2.75, 3.05) is 6.79 Å². The number of amides is 1. The second kappa shape index (κ2) is 5.95. The van der Waals surface area contributed by atoms with E-state index in [0.717, 1.165) is 29.0 Å². The molecule has 23 heavy (non-hydrogen) atoms. The summed E-state index contributed by atoms with van der Waals surface area (Å²) in [5.74, 6) is 1.55. The summed E-state index contributed by atoms with van der Waals surface area (Å²) in [7, 11) is 0. The van der Waals surface area contributed by atoms with Gasteiger partial charge in [-0.2, -0.15) is 0 Å². The first-order valence-electron chi connectivity index (χ1n) is 8.04. The van der Waals surface area contributed by atoms with Gasteiger partial charge in [0.05, 0.1) is 6.42 Å². The van der Waals surface area contributed by atoms with Crippen LogP contribution in [0.1, 0.15) is 28.7 Å². The standard InChI is InChI=1S/C19H19NO3/c21-19(10-13-4-6-15-2-1-3-16(15)8-13)20-11-14-5-7-17-18(9-14)23-12-22-17/h4-9H,1-3,10-12H2,(H,20,21). The van der Waals surface area contributed by atoms with Gasteiger partial charge >= 0.3 is 0 Å². The Bertz CT molecular complexity index is 754. The molecule has 1 heterocycles. The molecule has 0 bridgehead atoms. The molecule has 0 spiro atoms. The fourth-order valence-electron chi connectivity index (χ4n) is 3.23. The van der Waals surface area contributed by atoms with Gasteiger partial charge in [0, 0.05) is 6.54 Å². The number of fused-ring (bicyclic) bond motifs is 2. The van der Waals surface area contributed by atoms with Crippen molar-refractivity contribution in [2.45, 2.75) is 32.2 Å². The van der Waals surface area contributed by atoms with E-state index in [-0.39, 0.29) is 12.7 Å². The zero-order chi connectivity index (χ0) is 15.6. The zero-order valence-electron chi connectivity index (χ0n) is 12.9. The monoisotopic (exact) mass is 309 g/mol. The lowest BCUT2D eigenvalue weighted by atomic mass is 10.0. The number of carbonyl (C=O) groups is 1. The summed E-state index contributed by atoms with van der Waals surface area (Å²) in [5.41, 5.74) is 4.95. The van der Waals surface area contributed by atoms with Gasteiger partial charge in [-0.15, -0.1) is 0 Å². The van der Waals surface area contributed by atoms with Gasteiger partial charge in [0.15, 0.2) is 11.5 Å². The Morgan fingerprint density at radius 3 is 2.74 bits per heavy atom. The van der Waals surface area contributed by atoms with Crippen molar-refractivity contribution in [1.29, 1.82) is 0 Å². The van der Waals surface area contributed by atoms with Crippen molar-refractivity contribution < 1.29 is 14.3 Å². The van der Waals surface area contributed by atoms with Crippen molar-refractivity contribution in [3.63, 3.8) is 0 Å². The minimum Gasteiger partial charge on any atom is -0.454 e. The van der Waals surface area contributed by atoms with Crippen LogP contribution in [-0.4, -0.2) is 12.7 Å². The maximum Gasteiger partial charge on any atom is 0.231 e. The average Bonchev–Trinajstić information content (AvgIpc) is 3.20. The Morgan fingerprint density at radius 2 is 1.78 bits per heavy atom. The molecule has 4 rings (SSSR count). The number of nitrogens with one attached hydrogen (secondary N) is 1. The van der Waals surface area contributed by atoms with Gasteiger partial charge in [-0.05, 0) is 53.6 Å². The molecular formula is C19H19NO3. The number of carbonyl (C=O) groups excluding carboxylic acids is 1. The number of hydrogen-bond acceptors (Lipinski definition) is 3. The largest absolute Gasteiger partial charge is 0.454 e. The Hall–Kier alpha value is -2.49. The maximum absolute atomic E-state index is 12.2. The summed E-state index contributed by atoms with van der Waals surface area (Å²) >= 11 is 0. The van der Waals surface area contributed by atoms with Crippen molar-refractivity contribution in [3.8, 4) is 11.5 Å². The van der Waals surface area contributed by atoms with Crippen LogP contribution in [0.2, 0.25) is 0 Å². The van der Waals surface area contributed by atoms with Gasteiger partial charge in [0.25, 0.3) is 0 Å². The Balaban J connectivity index is 1.35. The van der Waals surface area contributed by atoms with Crippen molar-refractivity contribution >= 4 is 5.91 Å². The molecule has 1 amide bonds. The molecule has 2 aromatic rings. The number of aryl methyl sites for hydroxylation is 2. The minimum absolute atomic E-state index is 0.0422. The summed E-state index contributed by atoms with van der Waals surface area (Å²) in [6.07, 6.45) is 3.97. The molecule has 1 aliphatic carbocycles. The molecule has 0 aromatic heterocycles. The van der Waals surface area contributed by atoms with Gasteiger partial charge < -0.3 is 14.8 Å². The number of benzene rings is 2. The quantitative estimate of drug-likeness (QED) is 0.944. The van der Waals surface area contributed by atoms with Gasteiger partial charge in [0.1, 0.15) is 0 Å². The molecule has 0 saturated heterocycles. The second-order valence-corrected chi connectivity index (χ2v) is 6.10. The molecule has 0 unspecified atom stereocenters. The third kappa shape index (κ3) is 3.02. The van der Waals surface area contributed by atoms with Crippen molar-refractivity contribution in [3.05, 3.63) is 58.7 Å². The summed E-state index contributed by atoms with van der Waals surface area (Å²) in [5, 5.41) is 2.97. The van der Waals surface area contributed by atoms with E-state index < -0.39 is 0 Å². The molecule has 2 aliphatic rings. The molecule has 4 heteroatoms. The lowest BCUT2D eigenvalue weighted by Crippen LogP contribution is -2.24. The van der Waals surface area contributed by atoms with Crippen molar-refractivity contribution in [2.24, 2.45) is 0 Å². The topological polar surface area (TPSA) is 47.6 Å². The zero-order valence-corrected chi connectivity index (χ0v) is 12.9. The Kier molecular flexibility index (Phi) is 3.66. The van der Waals surface area contributed by atoms with Crippen LogP contribution in [0.25, 0.3) is 0 Å². The normalized spacial score (nSPS) is 14.6. The molecule has 0 radical (unpaired) electrons. The van der Waals surface area contributed by atoms with Gasteiger partial charge in [-0.1, -0.05) is 24.3 Å².